The lowest BCUT2D eigenvalue weighted by molar-refractivity contribution is -0.136. The van der Waals surface area contributed by atoms with Crippen LogP contribution < -0.4 is 5.32 Å². The first-order valence-corrected chi connectivity index (χ1v) is 6.02. The molecule has 94 valence electrons. The number of aryl methyl sites for hydroxylation is 1. The fraction of sp³-hybridized carbons (Fsp3) is 0.727. The second-order valence-corrected chi connectivity index (χ2v) is 4.24. The molecule has 1 N–H and O–H groups in total. The number of aromatic nitrogens is 2. The van der Waals surface area contributed by atoms with Gasteiger partial charge in [-0.3, -0.25) is 4.79 Å². The van der Waals surface area contributed by atoms with Crippen molar-refractivity contribution in [1.82, 2.24) is 20.4 Å². The molecule has 0 bridgehead atoms. The smallest absolute Gasteiger partial charge is 0.240 e. The average molecular weight is 238 g/mol. The lowest BCUT2D eigenvalue weighted by Gasteiger charge is -2.31. The number of likely N-dealkylation sites (N-methyl/N-ethyl adjacent to an activating group) is 1. The summed E-state index contributed by atoms with van der Waals surface area (Å²) in [5, 5.41) is 7.01. The maximum absolute atomic E-state index is 12.1. The average Bonchev–Trinajstić information content (AvgIpc) is 2.70. The van der Waals surface area contributed by atoms with Gasteiger partial charge in [0.05, 0.1) is 12.6 Å². The zero-order chi connectivity index (χ0) is 12.3. The van der Waals surface area contributed by atoms with E-state index in [0.29, 0.717) is 18.3 Å². The summed E-state index contributed by atoms with van der Waals surface area (Å²) in [6.07, 6.45) is 1.93. The summed E-state index contributed by atoms with van der Waals surface area (Å²) in [5.74, 6) is 1.25. The molecule has 1 atom stereocenters. The van der Waals surface area contributed by atoms with Crippen molar-refractivity contribution in [3.8, 4) is 0 Å². The topological polar surface area (TPSA) is 71.3 Å². The minimum absolute atomic E-state index is 0.0539. The second kappa shape index (κ2) is 5.27. The number of likely N-dealkylation sites (tertiary alicyclic amines) is 1. The van der Waals surface area contributed by atoms with E-state index in [-0.39, 0.29) is 11.9 Å². The molecule has 1 amide bonds. The van der Waals surface area contributed by atoms with E-state index in [1.165, 1.54) is 0 Å². The Labute approximate surface area is 100 Å². The quantitative estimate of drug-likeness (QED) is 0.826. The summed E-state index contributed by atoms with van der Waals surface area (Å²) in [7, 11) is 0. The first-order valence-electron chi connectivity index (χ1n) is 6.02. The van der Waals surface area contributed by atoms with Gasteiger partial charge in [0, 0.05) is 13.5 Å². The molecule has 2 heterocycles. The van der Waals surface area contributed by atoms with Gasteiger partial charge in [-0.15, -0.1) is 0 Å². The molecule has 6 nitrogen and oxygen atoms in total. The second-order valence-electron chi connectivity index (χ2n) is 4.24. The van der Waals surface area contributed by atoms with Gasteiger partial charge in [-0.1, -0.05) is 12.1 Å². The Hall–Kier alpha value is -1.43. The highest BCUT2D eigenvalue weighted by atomic mass is 16.5. The van der Waals surface area contributed by atoms with Crippen LogP contribution in [0.15, 0.2) is 4.52 Å². The van der Waals surface area contributed by atoms with Crippen LogP contribution in [0, 0.1) is 6.92 Å². The number of piperidine rings is 1. The van der Waals surface area contributed by atoms with E-state index in [4.69, 9.17) is 4.52 Å². The van der Waals surface area contributed by atoms with Crippen molar-refractivity contribution in [3.05, 3.63) is 11.7 Å². The Morgan fingerprint density at radius 3 is 3.06 bits per heavy atom. The van der Waals surface area contributed by atoms with Gasteiger partial charge in [-0.25, -0.2) is 0 Å². The van der Waals surface area contributed by atoms with Crippen LogP contribution in [0.5, 0.6) is 0 Å². The molecule has 1 aromatic heterocycles. The minimum atomic E-state index is -0.0539. The third-order valence-electron chi connectivity index (χ3n) is 2.88. The molecule has 0 spiro atoms. The lowest BCUT2D eigenvalue weighted by atomic mass is 10.0. The molecular weight excluding hydrogens is 220 g/mol. The number of amides is 1. The third-order valence-corrected chi connectivity index (χ3v) is 2.88. The fourth-order valence-corrected chi connectivity index (χ4v) is 2.11. The lowest BCUT2D eigenvalue weighted by Crippen LogP contribution is -2.50. The van der Waals surface area contributed by atoms with Crippen molar-refractivity contribution >= 4 is 5.91 Å². The van der Waals surface area contributed by atoms with E-state index in [9.17, 15) is 4.79 Å². The van der Waals surface area contributed by atoms with Gasteiger partial charge in [0.2, 0.25) is 11.8 Å². The zero-order valence-corrected chi connectivity index (χ0v) is 10.3. The number of nitrogens with zero attached hydrogens (tertiary/aromatic N) is 3. The predicted octanol–water partition coefficient (Wildman–Crippen LogP) is 0.479. The molecular formula is C11H18N4O2. The minimum Gasteiger partial charge on any atom is -0.340 e. The number of carbonyl (C=O) groups is 1. The molecule has 17 heavy (non-hydrogen) atoms. The molecule has 0 aliphatic carbocycles. The van der Waals surface area contributed by atoms with Crippen molar-refractivity contribution in [2.75, 3.05) is 13.1 Å². The zero-order valence-electron chi connectivity index (χ0n) is 10.3. The Kier molecular flexibility index (Phi) is 3.73. The van der Waals surface area contributed by atoms with Crippen molar-refractivity contribution in [2.24, 2.45) is 0 Å². The normalized spacial score (nSPS) is 20.9. The van der Waals surface area contributed by atoms with E-state index in [1.54, 1.807) is 11.8 Å². The van der Waals surface area contributed by atoms with Gasteiger partial charge in [-0.2, -0.15) is 4.98 Å². The molecule has 0 aromatic carbocycles. The summed E-state index contributed by atoms with van der Waals surface area (Å²) < 4.78 is 4.90. The van der Waals surface area contributed by atoms with E-state index < -0.39 is 0 Å². The van der Waals surface area contributed by atoms with Crippen LogP contribution in [0.3, 0.4) is 0 Å². The van der Waals surface area contributed by atoms with E-state index >= 15 is 0 Å². The maximum atomic E-state index is 12.1. The van der Waals surface area contributed by atoms with Crippen molar-refractivity contribution < 1.29 is 9.32 Å². The Morgan fingerprint density at radius 1 is 1.59 bits per heavy atom. The molecule has 0 radical (unpaired) electrons. The van der Waals surface area contributed by atoms with Crippen LogP contribution >= 0.6 is 0 Å². The number of rotatable bonds is 4. The van der Waals surface area contributed by atoms with Crippen LogP contribution in [0.1, 0.15) is 31.5 Å². The molecule has 1 aromatic rings. The summed E-state index contributed by atoms with van der Waals surface area (Å²) >= 11 is 0. The van der Waals surface area contributed by atoms with Gasteiger partial charge in [0.25, 0.3) is 0 Å². The van der Waals surface area contributed by atoms with Crippen molar-refractivity contribution in [3.63, 3.8) is 0 Å². The molecule has 1 fully saturated rings. The highest BCUT2D eigenvalue weighted by molar-refractivity contribution is 5.82. The Morgan fingerprint density at radius 2 is 2.41 bits per heavy atom. The van der Waals surface area contributed by atoms with Crippen LogP contribution in [0.4, 0.5) is 0 Å². The van der Waals surface area contributed by atoms with Crippen LogP contribution in [0.25, 0.3) is 0 Å². The Balaban J connectivity index is 1.98. The van der Waals surface area contributed by atoms with Crippen molar-refractivity contribution in [2.45, 2.75) is 39.3 Å². The Bertz CT molecular complexity index is 389. The van der Waals surface area contributed by atoms with Crippen LogP contribution in [-0.2, 0) is 11.3 Å². The monoisotopic (exact) mass is 238 g/mol. The molecule has 2 rings (SSSR count). The molecule has 1 unspecified atom stereocenters. The number of hydrogen-bond donors (Lipinski definition) is 1. The molecule has 0 saturated carbocycles. The molecule has 1 saturated heterocycles. The van der Waals surface area contributed by atoms with E-state index in [2.05, 4.69) is 15.5 Å². The SMILES string of the molecule is CCNC1CCCN(Cc2noc(C)n2)C1=O. The maximum Gasteiger partial charge on any atom is 0.240 e. The highest BCUT2D eigenvalue weighted by Gasteiger charge is 2.28. The number of hydrogen-bond acceptors (Lipinski definition) is 5. The fourth-order valence-electron chi connectivity index (χ4n) is 2.11. The highest BCUT2D eigenvalue weighted by Crippen LogP contribution is 2.14. The first kappa shape index (κ1) is 12.0. The number of carbonyl (C=O) groups excluding carboxylic acids is 1. The largest absolute Gasteiger partial charge is 0.340 e. The van der Waals surface area contributed by atoms with Crippen LogP contribution in [0.2, 0.25) is 0 Å². The van der Waals surface area contributed by atoms with Gasteiger partial charge in [0.15, 0.2) is 5.82 Å². The van der Waals surface area contributed by atoms with Crippen LogP contribution in [-0.4, -0.2) is 40.1 Å². The van der Waals surface area contributed by atoms with Gasteiger partial charge in [0.1, 0.15) is 0 Å². The summed E-state index contributed by atoms with van der Waals surface area (Å²) in [5.41, 5.74) is 0. The van der Waals surface area contributed by atoms with Crippen molar-refractivity contribution in [1.29, 1.82) is 0 Å². The summed E-state index contributed by atoms with van der Waals surface area (Å²) in [6.45, 7) is 5.78. The number of nitrogens with one attached hydrogen (secondary N) is 1. The van der Waals surface area contributed by atoms with E-state index in [0.717, 1.165) is 25.9 Å². The summed E-state index contributed by atoms with van der Waals surface area (Å²) in [6, 6.07) is -0.0539. The predicted molar refractivity (Wildman–Crippen MR) is 61.2 cm³/mol. The standard InChI is InChI=1S/C11H18N4O2/c1-3-12-9-5-4-6-15(11(9)16)7-10-13-8(2)17-14-10/h9,12H,3-7H2,1-2H3. The molecule has 1 aliphatic rings. The molecule has 1 aliphatic heterocycles. The third kappa shape index (κ3) is 2.82. The van der Waals surface area contributed by atoms with Gasteiger partial charge in [-0.05, 0) is 19.4 Å². The first-order chi connectivity index (χ1) is 8.20. The van der Waals surface area contributed by atoms with Gasteiger partial charge >= 0.3 is 0 Å². The molecule has 6 heteroatoms. The van der Waals surface area contributed by atoms with E-state index in [1.807, 2.05) is 6.92 Å². The summed E-state index contributed by atoms with van der Waals surface area (Å²) in [4.78, 5) is 18.0. The van der Waals surface area contributed by atoms with Gasteiger partial charge < -0.3 is 14.7 Å².